The highest BCUT2D eigenvalue weighted by Crippen LogP contribution is 2.23. The van der Waals surface area contributed by atoms with Gasteiger partial charge in [-0.15, -0.1) is 0 Å². The first-order chi connectivity index (χ1) is 10.1. The molecule has 0 fully saturated rings. The highest BCUT2D eigenvalue weighted by atomic mass is 16.4. The summed E-state index contributed by atoms with van der Waals surface area (Å²) in [5, 5.41) is 14.4. The number of nitrogens with two attached hydrogens (primary N) is 1. The van der Waals surface area contributed by atoms with Gasteiger partial charge in [0, 0.05) is 5.69 Å². The molecule has 0 atom stereocenters. The number of hydrogen-bond donors (Lipinski definition) is 3. The Morgan fingerprint density at radius 3 is 2.62 bits per heavy atom. The van der Waals surface area contributed by atoms with E-state index >= 15 is 0 Å². The maximum absolute atomic E-state index is 11.1. The average Bonchev–Trinajstić information content (AvgIpc) is 2.49. The largest absolute Gasteiger partial charge is 0.478 e. The zero-order valence-electron chi connectivity index (χ0n) is 11.1. The van der Waals surface area contributed by atoms with Gasteiger partial charge in [0.25, 0.3) is 0 Å². The fourth-order valence-corrected chi connectivity index (χ4v) is 2.13. The van der Waals surface area contributed by atoms with E-state index < -0.39 is 5.97 Å². The predicted octanol–water partition coefficient (Wildman–Crippen LogP) is 3.26. The van der Waals surface area contributed by atoms with Gasteiger partial charge in [0.2, 0.25) is 0 Å². The molecule has 0 radical (unpaired) electrons. The van der Waals surface area contributed by atoms with Gasteiger partial charge in [-0.2, -0.15) is 0 Å². The molecule has 104 valence electrons. The first-order valence-corrected chi connectivity index (χ1v) is 6.38. The van der Waals surface area contributed by atoms with Crippen LogP contribution < -0.4 is 11.1 Å². The molecule has 1 heterocycles. The summed E-state index contributed by atoms with van der Waals surface area (Å²) < 4.78 is 0. The molecule has 0 spiro atoms. The maximum Gasteiger partial charge on any atom is 0.337 e. The van der Waals surface area contributed by atoms with Gasteiger partial charge >= 0.3 is 5.97 Å². The summed E-state index contributed by atoms with van der Waals surface area (Å²) >= 11 is 0. The molecule has 2 aromatic carbocycles. The van der Waals surface area contributed by atoms with E-state index in [0.717, 1.165) is 16.5 Å². The van der Waals surface area contributed by atoms with E-state index in [9.17, 15) is 4.79 Å². The number of fused-ring (bicyclic) bond motifs is 1. The number of benzene rings is 2. The van der Waals surface area contributed by atoms with Gasteiger partial charge in [-0.25, -0.2) is 9.78 Å². The Morgan fingerprint density at radius 2 is 1.86 bits per heavy atom. The number of nitrogens with one attached hydrogen (secondary N) is 1. The van der Waals surface area contributed by atoms with Crippen molar-refractivity contribution in [1.29, 1.82) is 0 Å². The van der Waals surface area contributed by atoms with E-state index in [1.54, 1.807) is 0 Å². The minimum absolute atomic E-state index is 0.0355. The lowest BCUT2D eigenvalue weighted by Crippen LogP contribution is -2.05. The third-order valence-electron chi connectivity index (χ3n) is 3.19. The number of nitrogens with zero attached hydrogens (tertiary/aromatic N) is 1. The number of hydrogen-bond acceptors (Lipinski definition) is 4. The molecule has 0 aliphatic carbocycles. The van der Waals surface area contributed by atoms with Crippen LogP contribution in [-0.4, -0.2) is 16.1 Å². The highest BCUT2D eigenvalue weighted by molar-refractivity contribution is 5.94. The zero-order valence-corrected chi connectivity index (χ0v) is 11.1. The van der Waals surface area contributed by atoms with Gasteiger partial charge in [0.15, 0.2) is 0 Å². The average molecular weight is 279 g/mol. The molecule has 0 bridgehead atoms. The smallest absolute Gasteiger partial charge is 0.337 e. The summed E-state index contributed by atoms with van der Waals surface area (Å²) in [7, 11) is 0. The van der Waals surface area contributed by atoms with Crippen molar-refractivity contribution in [2.45, 2.75) is 0 Å². The number of carbonyl (C=O) groups is 1. The molecule has 4 N–H and O–H groups in total. The normalized spacial score (nSPS) is 10.5. The van der Waals surface area contributed by atoms with Gasteiger partial charge in [0.05, 0.1) is 17.4 Å². The molecule has 21 heavy (non-hydrogen) atoms. The Labute approximate surface area is 121 Å². The van der Waals surface area contributed by atoms with E-state index in [-0.39, 0.29) is 11.3 Å². The van der Waals surface area contributed by atoms with Crippen LogP contribution >= 0.6 is 0 Å². The molecule has 0 unspecified atom stereocenters. The number of carboxylic acids is 1. The van der Waals surface area contributed by atoms with Crippen molar-refractivity contribution in [3.05, 3.63) is 60.3 Å². The zero-order chi connectivity index (χ0) is 14.8. The van der Waals surface area contributed by atoms with Crippen LogP contribution in [0.5, 0.6) is 0 Å². The highest BCUT2D eigenvalue weighted by Gasteiger charge is 2.09. The number of anilines is 3. The summed E-state index contributed by atoms with van der Waals surface area (Å²) in [6.45, 7) is 0. The lowest BCUT2D eigenvalue weighted by Gasteiger charge is -2.08. The van der Waals surface area contributed by atoms with Gasteiger partial charge in [-0.05, 0) is 29.0 Å². The molecule has 5 nitrogen and oxygen atoms in total. The van der Waals surface area contributed by atoms with Crippen LogP contribution in [0.3, 0.4) is 0 Å². The van der Waals surface area contributed by atoms with Gasteiger partial charge < -0.3 is 16.2 Å². The molecular formula is C16H13N3O2. The van der Waals surface area contributed by atoms with Crippen molar-refractivity contribution in [2.75, 3.05) is 11.1 Å². The number of rotatable bonds is 3. The molecule has 3 rings (SSSR count). The summed E-state index contributed by atoms with van der Waals surface area (Å²) in [6, 6.07) is 15.3. The minimum Gasteiger partial charge on any atom is -0.478 e. The predicted molar refractivity (Wildman–Crippen MR) is 82.8 cm³/mol. The second kappa shape index (κ2) is 5.13. The fourth-order valence-electron chi connectivity index (χ4n) is 2.13. The first kappa shape index (κ1) is 12.9. The van der Waals surface area contributed by atoms with Gasteiger partial charge in [-0.1, -0.05) is 30.3 Å². The number of nitrogen functional groups attached to an aromatic ring is 1. The number of pyridine rings is 1. The van der Waals surface area contributed by atoms with Gasteiger partial charge in [0.1, 0.15) is 5.82 Å². The molecule has 0 saturated carbocycles. The topological polar surface area (TPSA) is 88.2 Å². The van der Waals surface area contributed by atoms with E-state index in [4.69, 9.17) is 10.8 Å². The van der Waals surface area contributed by atoms with Crippen LogP contribution in [0.25, 0.3) is 10.8 Å². The van der Waals surface area contributed by atoms with Crippen molar-refractivity contribution in [3.63, 3.8) is 0 Å². The number of carboxylic acid groups (broad SMARTS) is 1. The molecule has 0 saturated heterocycles. The quantitative estimate of drug-likeness (QED) is 0.685. The van der Waals surface area contributed by atoms with Crippen LogP contribution in [0.2, 0.25) is 0 Å². The Hall–Kier alpha value is -3.08. The second-order valence-electron chi connectivity index (χ2n) is 4.65. The Kier molecular flexibility index (Phi) is 3.16. The lowest BCUT2D eigenvalue weighted by molar-refractivity contribution is 0.0698. The van der Waals surface area contributed by atoms with E-state index in [2.05, 4.69) is 10.3 Å². The maximum atomic E-state index is 11.1. The second-order valence-corrected chi connectivity index (χ2v) is 4.65. The van der Waals surface area contributed by atoms with Crippen LogP contribution in [0.4, 0.5) is 17.2 Å². The summed E-state index contributed by atoms with van der Waals surface area (Å²) in [5.41, 5.74) is 6.60. The molecular weight excluding hydrogens is 266 g/mol. The van der Waals surface area contributed by atoms with E-state index in [0.29, 0.717) is 5.82 Å². The van der Waals surface area contributed by atoms with E-state index in [1.807, 2.05) is 42.5 Å². The first-order valence-electron chi connectivity index (χ1n) is 6.38. The van der Waals surface area contributed by atoms with Crippen molar-refractivity contribution >= 4 is 33.9 Å². The number of aromatic carboxylic acids is 1. The molecule has 3 aromatic rings. The monoisotopic (exact) mass is 279 g/mol. The molecule has 0 amide bonds. The van der Waals surface area contributed by atoms with Gasteiger partial charge in [-0.3, -0.25) is 0 Å². The van der Waals surface area contributed by atoms with Crippen molar-refractivity contribution in [2.24, 2.45) is 0 Å². The molecule has 5 heteroatoms. The van der Waals surface area contributed by atoms with Crippen LogP contribution in [-0.2, 0) is 0 Å². The minimum atomic E-state index is -1.07. The third-order valence-corrected chi connectivity index (χ3v) is 3.19. The van der Waals surface area contributed by atoms with Crippen molar-refractivity contribution in [1.82, 2.24) is 4.98 Å². The van der Waals surface area contributed by atoms with Crippen molar-refractivity contribution < 1.29 is 9.90 Å². The van der Waals surface area contributed by atoms with Crippen molar-refractivity contribution in [3.8, 4) is 0 Å². The standard InChI is InChI=1S/C16H13N3O2/c17-14-9-18-15(8-13(14)16(20)21)19-12-6-5-10-3-1-2-4-11(10)7-12/h1-9H,17H2,(H,18,19)(H,20,21). The number of aromatic nitrogens is 1. The molecule has 0 aliphatic rings. The Morgan fingerprint density at radius 1 is 1.10 bits per heavy atom. The van der Waals surface area contributed by atoms with E-state index in [1.165, 1.54) is 12.3 Å². The molecule has 0 aliphatic heterocycles. The Bertz CT molecular complexity index is 831. The lowest BCUT2D eigenvalue weighted by atomic mass is 10.1. The molecule has 1 aromatic heterocycles. The SMILES string of the molecule is Nc1cnc(Nc2ccc3ccccc3c2)cc1C(=O)O. The Balaban J connectivity index is 1.94. The summed E-state index contributed by atoms with van der Waals surface area (Å²) in [4.78, 5) is 15.2. The van der Waals surface area contributed by atoms with Crippen LogP contribution in [0, 0.1) is 0 Å². The summed E-state index contributed by atoms with van der Waals surface area (Å²) in [5.74, 6) is -0.631. The van der Waals surface area contributed by atoms with Crippen LogP contribution in [0.15, 0.2) is 54.7 Å². The fraction of sp³-hybridized carbons (Fsp3) is 0. The van der Waals surface area contributed by atoms with Crippen LogP contribution in [0.1, 0.15) is 10.4 Å². The third kappa shape index (κ3) is 2.62. The summed E-state index contributed by atoms with van der Waals surface area (Å²) in [6.07, 6.45) is 1.34.